The van der Waals surface area contributed by atoms with Crippen molar-refractivity contribution in [2.45, 2.75) is 39.2 Å². The highest BCUT2D eigenvalue weighted by molar-refractivity contribution is 5.40. The Morgan fingerprint density at radius 3 is 2.48 bits per heavy atom. The first-order valence-corrected chi connectivity index (χ1v) is 7.42. The molecule has 0 amide bonds. The Morgan fingerprint density at radius 1 is 1.14 bits per heavy atom. The molecule has 0 heterocycles. The van der Waals surface area contributed by atoms with Gasteiger partial charge in [0.2, 0.25) is 0 Å². The van der Waals surface area contributed by atoms with E-state index < -0.39 is 0 Å². The molecule has 1 atom stereocenters. The highest BCUT2D eigenvalue weighted by Crippen LogP contribution is 2.29. The third-order valence-electron chi connectivity index (χ3n) is 3.43. The van der Waals surface area contributed by atoms with Crippen molar-refractivity contribution in [3.63, 3.8) is 0 Å². The molecule has 3 heteroatoms. The predicted molar refractivity (Wildman–Crippen MR) is 84.1 cm³/mol. The Labute approximate surface area is 125 Å². The maximum Gasteiger partial charge on any atom is 0.132 e. The molecule has 0 saturated carbocycles. The van der Waals surface area contributed by atoms with Crippen molar-refractivity contribution in [2.24, 2.45) is 5.73 Å². The molecule has 2 N–H and O–H groups in total. The zero-order valence-electron chi connectivity index (χ0n) is 12.6. The van der Waals surface area contributed by atoms with Crippen molar-refractivity contribution >= 4 is 0 Å². The number of ether oxygens (including phenoxy) is 1. The van der Waals surface area contributed by atoms with E-state index in [2.05, 4.69) is 19.1 Å². The second kappa shape index (κ2) is 7.23. The van der Waals surface area contributed by atoms with Crippen molar-refractivity contribution < 1.29 is 9.13 Å². The Hall–Kier alpha value is -1.87. The molecule has 0 aliphatic carbocycles. The van der Waals surface area contributed by atoms with Crippen LogP contribution in [-0.4, -0.2) is 0 Å². The lowest BCUT2D eigenvalue weighted by molar-refractivity contribution is 0.469. The van der Waals surface area contributed by atoms with E-state index in [9.17, 15) is 4.39 Å². The summed E-state index contributed by atoms with van der Waals surface area (Å²) in [5.74, 6) is 1.04. The van der Waals surface area contributed by atoms with Gasteiger partial charge in [-0.15, -0.1) is 0 Å². The topological polar surface area (TPSA) is 35.2 Å². The monoisotopic (exact) mass is 287 g/mol. The smallest absolute Gasteiger partial charge is 0.132 e. The first kappa shape index (κ1) is 15.5. The zero-order valence-corrected chi connectivity index (χ0v) is 12.6. The second-order valence-corrected chi connectivity index (χ2v) is 5.32. The number of hydrogen-bond acceptors (Lipinski definition) is 2. The normalized spacial score (nSPS) is 12.2. The summed E-state index contributed by atoms with van der Waals surface area (Å²) >= 11 is 0. The number of aryl methyl sites for hydroxylation is 1. The fourth-order valence-corrected chi connectivity index (χ4v) is 2.20. The molecule has 21 heavy (non-hydrogen) atoms. The fraction of sp³-hybridized carbons (Fsp3) is 0.333. The minimum absolute atomic E-state index is 0.278. The van der Waals surface area contributed by atoms with Crippen molar-refractivity contribution in [3.8, 4) is 11.5 Å². The third-order valence-corrected chi connectivity index (χ3v) is 3.43. The van der Waals surface area contributed by atoms with Gasteiger partial charge in [-0.3, -0.25) is 0 Å². The number of hydrogen-bond donors (Lipinski definition) is 1. The van der Waals surface area contributed by atoms with Crippen LogP contribution in [0.15, 0.2) is 42.5 Å². The van der Waals surface area contributed by atoms with E-state index in [0.29, 0.717) is 11.3 Å². The maximum absolute atomic E-state index is 13.3. The summed E-state index contributed by atoms with van der Waals surface area (Å²) in [7, 11) is 0. The first-order valence-electron chi connectivity index (χ1n) is 7.42. The summed E-state index contributed by atoms with van der Waals surface area (Å²) < 4.78 is 19.1. The molecular formula is C18H22FNO. The molecule has 0 unspecified atom stereocenters. The van der Waals surface area contributed by atoms with Crippen molar-refractivity contribution in [2.75, 3.05) is 0 Å². The average molecular weight is 287 g/mol. The van der Waals surface area contributed by atoms with Crippen LogP contribution in [0.5, 0.6) is 11.5 Å². The lowest BCUT2D eigenvalue weighted by atomic mass is 10.1. The van der Waals surface area contributed by atoms with Gasteiger partial charge in [-0.05, 0) is 55.7 Å². The van der Waals surface area contributed by atoms with Crippen LogP contribution in [0.3, 0.4) is 0 Å². The Balaban J connectivity index is 2.14. The average Bonchev–Trinajstić information content (AvgIpc) is 2.48. The SMILES string of the molecule is CCCCc1ccc(Oc2ccc(F)cc2[C@H](C)N)cc1. The molecule has 112 valence electrons. The first-order chi connectivity index (χ1) is 10.1. The number of halogens is 1. The maximum atomic E-state index is 13.3. The highest BCUT2D eigenvalue weighted by atomic mass is 19.1. The molecule has 0 aliphatic heterocycles. The molecular weight excluding hydrogens is 265 g/mol. The Bertz CT molecular complexity index is 578. The van der Waals surface area contributed by atoms with Gasteiger partial charge in [-0.1, -0.05) is 25.5 Å². The Morgan fingerprint density at radius 2 is 1.86 bits per heavy atom. The van der Waals surface area contributed by atoms with Gasteiger partial charge in [0.1, 0.15) is 17.3 Å². The molecule has 2 rings (SSSR count). The standard InChI is InChI=1S/C18H22FNO/c1-3-4-5-14-6-9-16(10-7-14)21-18-11-8-15(19)12-17(18)13(2)20/h6-13H,3-5,20H2,1-2H3/t13-/m0/s1. The van der Waals surface area contributed by atoms with Gasteiger partial charge in [-0.2, -0.15) is 0 Å². The van der Waals surface area contributed by atoms with Crippen LogP contribution in [0.4, 0.5) is 4.39 Å². The lowest BCUT2D eigenvalue weighted by Crippen LogP contribution is -2.07. The van der Waals surface area contributed by atoms with Gasteiger partial charge >= 0.3 is 0 Å². The van der Waals surface area contributed by atoms with Gasteiger partial charge in [0, 0.05) is 11.6 Å². The molecule has 0 aromatic heterocycles. The summed E-state index contributed by atoms with van der Waals surface area (Å²) in [6.07, 6.45) is 3.46. The minimum Gasteiger partial charge on any atom is -0.457 e. The number of nitrogens with two attached hydrogens (primary N) is 1. The molecule has 2 nitrogen and oxygen atoms in total. The van der Waals surface area contributed by atoms with E-state index in [1.807, 2.05) is 19.1 Å². The van der Waals surface area contributed by atoms with Gasteiger partial charge in [0.15, 0.2) is 0 Å². The number of rotatable bonds is 6. The molecule has 2 aromatic rings. The molecule has 0 fully saturated rings. The zero-order chi connectivity index (χ0) is 15.2. The summed E-state index contributed by atoms with van der Waals surface area (Å²) in [6.45, 7) is 4.00. The molecule has 0 saturated heterocycles. The van der Waals surface area contributed by atoms with E-state index in [1.165, 1.54) is 30.5 Å². The lowest BCUT2D eigenvalue weighted by Gasteiger charge is -2.14. The molecule has 2 aromatic carbocycles. The highest BCUT2D eigenvalue weighted by Gasteiger charge is 2.10. The number of unbranched alkanes of at least 4 members (excludes halogenated alkanes) is 1. The van der Waals surface area contributed by atoms with Gasteiger partial charge in [0.25, 0.3) is 0 Å². The van der Waals surface area contributed by atoms with E-state index in [1.54, 1.807) is 6.07 Å². The van der Waals surface area contributed by atoms with Crippen molar-refractivity contribution in [1.82, 2.24) is 0 Å². The van der Waals surface area contributed by atoms with Crippen LogP contribution in [0.25, 0.3) is 0 Å². The number of benzene rings is 2. The second-order valence-electron chi connectivity index (χ2n) is 5.32. The summed E-state index contributed by atoms with van der Waals surface area (Å²) in [5, 5.41) is 0. The van der Waals surface area contributed by atoms with Gasteiger partial charge in [-0.25, -0.2) is 4.39 Å². The van der Waals surface area contributed by atoms with Crippen LogP contribution < -0.4 is 10.5 Å². The van der Waals surface area contributed by atoms with E-state index in [0.717, 1.165) is 12.2 Å². The van der Waals surface area contributed by atoms with Crippen LogP contribution >= 0.6 is 0 Å². The molecule has 0 spiro atoms. The van der Waals surface area contributed by atoms with E-state index in [4.69, 9.17) is 10.5 Å². The summed E-state index contributed by atoms with van der Waals surface area (Å²) in [5.41, 5.74) is 7.84. The van der Waals surface area contributed by atoms with E-state index in [-0.39, 0.29) is 11.9 Å². The molecule has 0 bridgehead atoms. The third kappa shape index (κ3) is 4.30. The van der Waals surface area contributed by atoms with Crippen molar-refractivity contribution in [1.29, 1.82) is 0 Å². The Kier molecular flexibility index (Phi) is 5.34. The van der Waals surface area contributed by atoms with E-state index >= 15 is 0 Å². The molecule has 0 aliphatic rings. The minimum atomic E-state index is -0.301. The quantitative estimate of drug-likeness (QED) is 0.813. The van der Waals surface area contributed by atoms with Crippen LogP contribution in [0.2, 0.25) is 0 Å². The van der Waals surface area contributed by atoms with Crippen LogP contribution in [-0.2, 0) is 6.42 Å². The summed E-state index contributed by atoms with van der Waals surface area (Å²) in [6, 6.07) is 12.2. The van der Waals surface area contributed by atoms with Gasteiger partial charge in [0.05, 0.1) is 0 Å². The fourth-order valence-electron chi connectivity index (χ4n) is 2.20. The van der Waals surface area contributed by atoms with Crippen molar-refractivity contribution in [3.05, 3.63) is 59.4 Å². The predicted octanol–water partition coefficient (Wildman–Crippen LogP) is 4.98. The largest absolute Gasteiger partial charge is 0.457 e. The van der Waals surface area contributed by atoms with Crippen LogP contribution in [0.1, 0.15) is 43.9 Å². The summed E-state index contributed by atoms with van der Waals surface area (Å²) in [4.78, 5) is 0. The van der Waals surface area contributed by atoms with Gasteiger partial charge < -0.3 is 10.5 Å². The molecule has 0 radical (unpaired) electrons. The van der Waals surface area contributed by atoms with Crippen LogP contribution in [0, 0.1) is 5.82 Å².